The molecule has 0 amide bonds. The lowest BCUT2D eigenvalue weighted by Gasteiger charge is -2.17. The second-order valence-electron chi connectivity index (χ2n) is 4.83. The van der Waals surface area contributed by atoms with Crippen molar-refractivity contribution in [1.82, 2.24) is 9.97 Å². The molecule has 0 bridgehead atoms. The van der Waals surface area contributed by atoms with Gasteiger partial charge in [-0.05, 0) is 31.5 Å². The molecule has 0 fully saturated rings. The number of aromatic amines is 1. The van der Waals surface area contributed by atoms with Crippen LogP contribution < -0.4 is 9.62 Å². The van der Waals surface area contributed by atoms with E-state index < -0.39 is 10.0 Å². The number of aryl methyl sites for hydroxylation is 2. The molecule has 0 atom stereocenters. The van der Waals surface area contributed by atoms with Gasteiger partial charge in [0.1, 0.15) is 5.82 Å². The Balaban J connectivity index is 2.32. The van der Waals surface area contributed by atoms with E-state index in [-0.39, 0.29) is 5.03 Å². The molecule has 1 aromatic carbocycles. The largest absolute Gasteiger partial charge is 0.377 e. The highest BCUT2D eigenvalue weighted by Gasteiger charge is 2.17. The first-order valence-electron chi connectivity index (χ1n) is 6.12. The van der Waals surface area contributed by atoms with E-state index in [0.717, 1.165) is 11.3 Å². The highest BCUT2D eigenvalue weighted by Crippen LogP contribution is 2.24. The van der Waals surface area contributed by atoms with E-state index in [1.54, 1.807) is 19.1 Å². The number of rotatable bonds is 4. The Morgan fingerprint density at radius 1 is 1.25 bits per heavy atom. The van der Waals surface area contributed by atoms with Crippen molar-refractivity contribution < 1.29 is 8.42 Å². The maximum atomic E-state index is 12.2. The second-order valence-corrected chi connectivity index (χ2v) is 6.48. The molecular formula is C13H18N4O2S. The lowest BCUT2D eigenvalue weighted by atomic mass is 10.2. The Morgan fingerprint density at radius 3 is 2.50 bits per heavy atom. The topological polar surface area (TPSA) is 78.1 Å². The van der Waals surface area contributed by atoms with Gasteiger partial charge in [-0.1, -0.05) is 6.07 Å². The van der Waals surface area contributed by atoms with Crippen LogP contribution in [-0.4, -0.2) is 32.5 Å². The average molecular weight is 294 g/mol. The maximum Gasteiger partial charge on any atom is 0.278 e. The number of aromatic nitrogens is 2. The molecule has 0 aliphatic rings. The molecule has 0 saturated carbocycles. The van der Waals surface area contributed by atoms with Crippen LogP contribution in [0.1, 0.15) is 11.4 Å². The van der Waals surface area contributed by atoms with Crippen molar-refractivity contribution in [2.24, 2.45) is 0 Å². The number of sulfonamides is 1. The molecule has 7 heteroatoms. The third-order valence-electron chi connectivity index (χ3n) is 2.91. The molecule has 6 nitrogen and oxygen atoms in total. The summed E-state index contributed by atoms with van der Waals surface area (Å²) >= 11 is 0. The summed E-state index contributed by atoms with van der Waals surface area (Å²) in [5.74, 6) is 0.559. The molecule has 1 heterocycles. The summed E-state index contributed by atoms with van der Waals surface area (Å²) in [7, 11) is 0.197. The van der Waals surface area contributed by atoms with E-state index >= 15 is 0 Å². The fourth-order valence-electron chi connectivity index (χ4n) is 1.90. The molecule has 108 valence electrons. The highest BCUT2D eigenvalue weighted by atomic mass is 32.2. The summed E-state index contributed by atoms with van der Waals surface area (Å²) in [6.07, 6.45) is 1.30. The molecule has 0 radical (unpaired) electrons. The van der Waals surface area contributed by atoms with Crippen molar-refractivity contribution in [3.8, 4) is 0 Å². The first kappa shape index (κ1) is 14.4. The van der Waals surface area contributed by atoms with Gasteiger partial charge in [-0.25, -0.2) is 4.98 Å². The lowest BCUT2D eigenvalue weighted by Crippen LogP contribution is -2.15. The summed E-state index contributed by atoms with van der Waals surface area (Å²) in [5.41, 5.74) is 2.56. The number of hydrogen-bond donors (Lipinski definition) is 2. The molecule has 0 spiro atoms. The zero-order chi connectivity index (χ0) is 14.9. The molecule has 0 saturated heterocycles. The number of benzene rings is 1. The van der Waals surface area contributed by atoms with E-state index in [2.05, 4.69) is 14.7 Å². The fraction of sp³-hybridized carbons (Fsp3) is 0.308. The van der Waals surface area contributed by atoms with Gasteiger partial charge >= 0.3 is 0 Å². The number of H-pyrrole nitrogens is 1. The number of hydrogen-bond acceptors (Lipinski definition) is 4. The minimum Gasteiger partial charge on any atom is -0.377 e. The van der Waals surface area contributed by atoms with Gasteiger partial charge in [0.2, 0.25) is 0 Å². The highest BCUT2D eigenvalue weighted by molar-refractivity contribution is 7.92. The standard InChI is InChI=1S/C13H18N4O2S/c1-9-5-6-11(7-12(9)17(3)4)16-20(18,19)13-8-14-10(2)15-13/h5-8,16H,1-4H3,(H,14,15). The fourth-order valence-corrected chi connectivity index (χ4v) is 2.92. The Bertz CT molecular complexity index is 720. The molecule has 2 rings (SSSR count). The smallest absolute Gasteiger partial charge is 0.278 e. The Morgan fingerprint density at radius 2 is 1.95 bits per heavy atom. The van der Waals surface area contributed by atoms with Crippen molar-refractivity contribution in [3.63, 3.8) is 0 Å². The minimum absolute atomic E-state index is 0.0574. The van der Waals surface area contributed by atoms with E-state index in [9.17, 15) is 8.42 Å². The second kappa shape index (κ2) is 5.16. The number of nitrogens with one attached hydrogen (secondary N) is 2. The van der Waals surface area contributed by atoms with Crippen molar-refractivity contribution in [3.05, 3.63) is 35.8 Å². The zero-order valence-corrected chi connectivity index (χ0v) is 12.7. The van der Waals surface area contributed by atoms with Gasteiger partial charge in [0.15, 0.2) is 5.03 Å². The summed E-state index contributed by atoms with van der Waals surface area (Å²) in [5, 5.41) is 0.0574. The van der Waals surface area contributed by atoms with Crippen molar-refractivity contribution in [2.75, 3.05) is 23.7 Å². The van der Waals surface area contributed by atoms with Crippen molar-refractivity contribution >= 4 is 21.4 Å². The normalized spacial score (nSPS) is 11.4. The van der Waals surface area contributed by atoms with Crippen LogP contribution >= 0.6 is 0 Å². The molecule has 0 aliphatic heterocycles. The molecule has 1 aromatic heterocycles. The molecule has 0 aliphatic carbocycles. The van der Waals surface area contributed by atoms with Crippen LogP contribution in [0.25, 0.3) is 0 Å². The van der Waals surface area contributed by atoms with Crippen molar-refractivity contribution in [2.45, 2.75) is 18.9 Å². The average Bonchev–Trinajstić information content (AvgIpc) is 2.78. The van der Waals surface area contributed by atoms with Gasteiger partial charge in [0.25, 0.3) is 10.0 Å². The molecule has 2 aromatic rings. The van der Waals surface area contributed by atoms with Crippen LogP contribution in [0, 0.1) is 13.8 Å². The van der Waals surface area contributed by atoms with Crippen LogP contribution in [0.15, 0.2) is 29.4 Å². The molecular weight excluding hydrogens is 276 g/mol. The van der Waals surface area contributed by atoms with Crippen LogP contribution in [0.3, 0.4) is 0 Å². The van der Waals surface area contributed by atoms with Gasteiger partial charge in [-0.3, -0.25) is 4.72 Å². The van der Waals surface area contributed by atoms with Crippen LogP contribution in [0.2, 0.25) is 0 Å². The Kier molecular flexibility index (Phi) is 3.71. The summed E-state index contributed by atoms with van der Waals surface area (Å²) in [4.78, 5) is 8.55. The molecule has 20 heavy (non-hydrogen) atoms. The Hall–Kier alpha value is -2.02. The summed E-state index contributed by atoms with van der Waals surface area (Å²) in [6, 6.07) is 5.42. The van der Waals surface area contributed by atoms with E-state index in [1.807, 2.05) is 32.0 Å². The number of imidazole rings is 1. The minimum atomic E-state index is -3.63. The first-order chi connectivity index (χ1) is 9.29. The third-order valence-corrected chi connectivity index (χ3v) is 4.20. The van der Waals surface area contributed by atoms with Gasteiger partial charge in [-0.15, -0.1) is 0 Å². The number of anilines is 2. The monoisotopic (exact) mass is 294 g/mol. The van der Waals surface area contributed by atoms with Crippen LogP contribution in [0.5, 0.6) is 0 Å². The van der Waals surface area contributed by atoms with E-state index in [4.69, 9.17) is 0 Å². The quantitative estimate of drug-likeness (QED) is 0.902. The first-order valence-corrected chi connectivity index (χ1v) is 7.60. The van der Waals surface area contributed by atoms with Crippen molar-refractivity contribution in [1.29, 1.82) is 0 Å². The predicted molar refractivity (Wildman–Crippen MR) is 79.6 cm³/mol. The van der Waals surface area contributed by atoms with Gasteiger partial charge in [0.05, 0.1) is 11.9 Å². The van der Waals surface area contributed by atoms with Gasteiger partial charge in [-0.2, -0.15) is 8.42 Å². The van der Waals surface area contributed by atoms with Gasteiger partial charge in [0, 0.05) is 19.8 Å². The Labute approximate surface area is 118 Å². The molecule has 2 N–H and O–H groups in total. The summed E-state index contributed by atoms with van der Waals surface area (Å²) < 4.78 is 26.9. The predicted octanol–water partition coefficient (Wildman–Crippen LogP) is 1.89. The van der Waals surface area contributed by atoms with E-state index in [1.165, 1.54) is 6.20 Å². The van der Waals surface area contributed by atoms with E-state index in [0.29, 0.717) is 11.5 Å². The zero-order valence-electron chi connectivity index (χ0n) is 11.9. The number of nitrogens with zero attached hydrogens (tertiary/aromatic N) is 2. The molecule has 0 unspecified atom stereocenters. The van der Waals surface area contributed by atoms with Crippen LogP contribution in [0.4, 0.5) is 11.4 Å². The SMILES string of the molecule is Cc1ncc(S(=O)(=O)Nc2ccc(C)c(N(C)C)c2)[nH]1. The maximum absolute atomic E-state index is 12.2. The lowest BCUT2D eigenvalue weighted by molar-refractivity contribution is 0.598. The summed E-state index contributed by atoms with van der Waals surface area (Å²) in [6.45, 7) is 3.68. The van der Waals surface area contributed by atoms with Gasteiger partial charge < -0.3 is 9.88 Å². The third kappa shape index (κ3) is 2.93. The van der Waals surface area contributed by atoms with Crippen LogP contribution in [-0.2, 0) is 10.0 Å².